The van der Waals surface area contributed by atoms with Gasteiger partial charge in [-0.3, -0.25) is 4.79 Å². The van der Waals surface area contributed by atoms with Crippen LogP contribution in [0.5, 0.6) is 11.5 Å². The van der Waals surface area contributed by atoms with Crippen LogP contribution in [-0.2, 0) is 0 Å². The fourth-order valence-corrected chi connectivity index (χ4v) is 1.94. The number of carbonyl (C=O) groups is 1. The van der Waals surface area contributed by atoms with Gasteiger partial charge in [-0.25, -0.2) is 0 Å². The molecule has 0 aliphatic carbocycles. The number of nitrogens with one attached hydrogen (secondary N) is 1. The predicted molar refractivity (Wildman–Crippen MR) is 78.5 cm³/mol. The quantitative estimate of drug-likeness (QED) is 0.842. The van der Waals surface area contributed by atoms with Crippen LogP contribution in [0.3, 0.4) is 0 Å². The summed E-state index contributed by atoms with van der Waals surface area (Å²) in [5.41, 5.74) is 2.98. The third kappa shape index (κ3) is 2.91. The molecular weight excluding hydrogens is 254 g/mol. The van der Waals surface area contributed by atoms with Crippen LogP contribution < -0.4 is 10.1 Å². The molecule has 2 rings (SSSR count). The van der Waals surface area contributed by atoms with Crippen molar-refractivity contribution >= 4 is 11.6 Å². The van der Waals surface area contributed by atoms with E-state index in [4.69, 9.17) is 4.74 Å². The fourth-order valence-electron chi connectivity index (χ4n) is 1.94. The first kappa shape index (κ1) is 13.9. The Balaban J connectivity index is 2.24. The standard InChI is InChI=1S/C16H17NO3/c1-10-4-5-12(9-15(10)20-3)16(19)17-14-7-6-13(18)8-11(14)2/h4-9,18H,1-3H3,(H,17,19). The normalized spacial score (nSPS) is 10.2. The van der Waals surface area contributed by atoms with Crippen LogP contribution >= 0.6 is 0 Å². The molecule has 0 radical (unpaired) electrons. The van der Waals surface area contributed by atoms with E-state index >= 15 is 0 Å². The molecule has 0 bridgehead atoms. The molecule has 0 fully saturated rings. The van der Waals surface area contributed by atoms with Crippen LogP contribution in [0.4, 0.5) is 5.69 Å². The van der Waals surface area contributed by atoms with E-state index in [-0.39, 0.29) is 11.7 Å². The zero-order valence-corrected chi connectivity index (χ0v) is 11.7. The summed E-state index contributed by atoms with van der Waals surface area (Å²) >= 11 is 0. The monoisotopic (exact) mass is 271 g/mol. The zero-order valence-electron chi connectivity index (χ0n) is 11.7. The lowest BCUT2D eigenvalue weighted by Crippen LogP contribution is -2.13. The minimum Gasteiger partial charge on any atom is -0.508 e. The van der Waals surface area contributed by atoms with Gasteiger partial charge in [-0.2, -0.15) is 0 Å². The summed E-state index contributed by atoms with van der Waals surface area (Å²) in [5.74, 6) is 0.648. The summed E-state index contributed by atoms with van der Waals surface area (Å²) in [6, 6.07) is 10.1. The summed E-state index contributed by atoms with van der Waals surface area (Å²) in [7, 11) is 1.58. The van der Waals surface area contributed by atoms with Gasteiger partial charge in [0, 0.05) is 11.3 Å². The molecule has 104 valence electrons. The molecule has 0 atom stereocenters. The molecule has 2 N–H and O–H groups in total. The molecule has 1 amide bonds. The molecule has 4 heteroatoms. The van der Waals surface area contributed by atoms with Crippen molar-refractivity contribution in [2.75, 3.05) is 12.4 Å². The zero-order chi connectivity index (χ0) is 14.7. The number of anilines is 1. The van der Waals surface area contributed by atoms with Gasteiger partial charge in [-0.05, 0) is 55.3 Å². The molecule has 0 aliphatic heterocycles. The molecule has 0 saturated heterocycles. The van der Waals surface area contributed by atoms with E-state index in [2.05, 4.69) is 5.32 Å². The number of hydrogen-bond donors (Lipinski definition) is 2. The SMILES string of the molecule is COc1cc(C(=O)Nc2ccc(O)cc2C)ccc1C. The number of carbonyl (C=O) groups excluding carboxylic acids is 1. The highest BCUT2D eigenvalue weighted by atomic mass is 16.5. The van der Waals surface area contributed by atoms with Crippen molar-refractivity contribution in [3.8, 4) is 11.5 Å². The van der Waals surface area contributed by atoms with Gasteiger partial charge < -0.3 is 15.2 Å². The van der Waals surface area contributed by atoms with E-state index in [1.165, 1.54) is 0 Å². The highest BCUT2D eigenvalue weighted by Crippen LogP contribution is 2.23. The topological polar surface area (TPSA) is 58.6 Å². The molecule has 0 unspecified atom stereocenters. The lowest BCUT2D eigenvalue weighted by atomic mass is 10.1. The molecular formula is C16H17NO3. The molecule has 0 saturated carbocycles. The maximum atomic E-state index is 12.2. The van der Waals surface area contributed by atoms with E-state index in [0.29, 0.717) is 17.0 Å². The Hall–Kier alpha value is -2.49. The van der Waals surface area contributed by atoms with Crippen molar-refractivity contribution in [1.82, 2.24) is 0 Å². The third-order valence-electron chi connectivity index (χ3n) is 3.13. The number of phenolic OH excluding ortho intramolecular Hbond substituents is 1. The molecule has 0 aromatic heterocycles. The highest BCUT2D eigenvalue weighted by Gasteiger charge is 2.10. The van der Waals surface area contributed by atoms with Crippen molar-refractivity contribution in [3.05, 3.63) is 53.1 Å². The van der Waals surface area contributed by atoms with Crippen LogP contribution in [0.1, 0.15) is 21.5 Å². The van der Waals surface area contributed by atoms with Gasteiger partial charge in [0.25, 0.3) is 5.91 Å². The van der Waals surface area contributed by atoms with E-state index in [9.17, 15) is 9.90 Å². The smallest absolute Gasteiger partial charge is 0.255 e. The minimum atomic E-state index is -0.211. The van der Waals surface area contributed by atoms with Crippen LogP contribution in [0, 0.1) is 13.8 Å². The minimum absolute atomic E-state index is 0.178. The summed E-state index contributed by atoms with van der Waals surface area (Å²) in [6.45, 7) is 3.75. The number of phenols is 1. The second-order valence-corrected chi connectivity index (χ2v) is 4.64. The van der Waals surface area contributed by atoms with Crippen LogP contribution in [0.2, 0.25) is 0 Å². The molecule has 0 heterocycles. The van der Waals surface area contributed by atoms with E-state index in [1.54, 1.807) is 37.4 Å². The largest absolute Gasteiger partial charge is 0.508 e. The number of rotatable bonds is 3. The molecule has 0 aliphatic rings. The van der Waals surface area contributed by atoms with Crippen molar-refractivity contribution in [2.24, 2.45) is 0 Å². The number of hydrogen-bond acceptors (Lipinski definition) is 3. The predicted octanol–water partition coefficient (Wildman–Crippen LogP) is 3.27. The Kier molecular flexibility index (Phi) is 3.94. The molecule has 0 spiro atoms. The van der Waals surface area contributed by atoms with Gasteiger partial charge in [-0.1, -0.05) is 6.07 Å². The van der Waals surface area contributed by atoms with Crippen molar-refractivity contribution < 1.29 is 14.6 Å². The summed E-state index contributed by atoms with van der Waals surface area (Å²) in [4.78, 5) is 12.2. The maximum absolute atomic E-state index is 12.2. The number of aromatic hydroxyl groups is 1. The van der Waals surface area contributed by atoms with Crippen LogP contribution in [0.25, 0.3) is 0 Å². The van der Waals surface area contributed by atoms with Crippen molar-refractivity contribution in [2.45, 2.75) is 13.8 Å². The average molecular weight is 271 g/mol. The van der Waals surface area contributed by atoms with Gasteiger partial charge in [0.05, 0.1) is 7.11 Å². The number of aryl methyl sites for hydroxylation is 2. The van der Waals surface area contributed by atoms with Crippen LogP contribution in [0.15, 0.2) is 36.4 Å². The average Bonchev–Trinajstić information content (AvgIpc) is 2.42. The lowest BCUT2D eigenvalue weighted by Gasteiger charge is -2.10. The van der Waals surface area contributed by atoms with Gasteiger partial charge in [0.1, 0.15) is 11.5 Å². The third-order valence-corrected chi connectivity index (χ3v) is 3.13. The summed E-state index contributed by atoms with van der Waals surface area (Å²) in [6.07, 6.45) is 0. The first-order valence-electron chi connectivity index (χ1n) is 6.27. The fraction of sp³-hybridized carbons (Fsp3) is 0.188. The maximum Gasteiger partial charge on any atom is 0.255 e. The lowest BCUT2D eigenvalue weighted by molar-refractivity contribution is 0.102. The number of benzene rings is 2. The van der Waals surface area contributed by atoms with Gasteiger partial charge in [-0.15, -0.1) is 0 Å². The Morgan fingerprint density at radius 2 is 1.85 bits per heavy atom. The Labute approximate surface area is 118 Å². The summed E-state index contributed by atoms with van der Waals surface area (Å²) < 4.78 is 5.21. The highest BCUT2D eigenvalue weighted by molar-refractivity contribution is 6.05. The number of methoxy groups -OCH3 is 1. The van der Waals surface area contributed by atoms with Crippen molar-refractivity contribution in [1.29, 1.82) is 0 Å². The molecule has 20 heavy (non-hydrogen) atoms. The molecule has 2 aromatic rings. The number of amides is 1. The molecule has 2 aromatic carbocycles. The first-order chi connectivity index (χ1) is 9.51. The van der Waals surface area contributed by atoms with Gasteiger partial charge in [0.2, 0.25) is 0 Å². The Morgan fingerprint density at radius 3 is 2.50 bits per heavy atom. The van der Waals surface area contributed by atoms with E-state index in [1.807, 2.05) is 19.9 Å². The van der Waals surface area contributed by atoms with Gasteiger partial charge in [0.15, 0.2) is 0 Å². The Morgan fingerprint density at radius 1 is 1.10 bits per heavy atom. The van der Waals surface area contributed by atoms with E-state index in [0.717, 1.165) is 11.1 Å². The first-order valence-corrected chi connectivity index (χ1v) is 6.27. The van der Waals surface area contributed by atoms with Gasteiger partial charge >= 0.3 is 0 Å². The molecule has 4 nitrogen and oxygen atoms in total. The second kappa shape index (κ2) is 5.65. The Bertz CT molecular complexity index is 650. The number of ether oxygens (including phenoxy) is 1. The van der Waals surface area contributed by atoms with Crippen LogP contribution in [-0.4, -0.2) is 18.1 Å². The second-order valence-electron chi connectivity index (χ2n) is 4.64. The van der Waals surface area contributed by atoms with E-state index < -0.39 is 0 Å². The summed E-state index contributed by atoms with van der Waals surface area (Å²) in [5, 5.41) is 12.2. The van der Waals surface area contributed by atoms with Crippen molar-refractivity contribution in [3.63, 3.8) is 0 Å².